The Morgan fingerprint density at radius 1 is 1.11 bits per heavy atom. The van der Waals surface area contributed by atoms with Crippen molar-refractivity contribution in [2.45, 2.75) is 11.7 Å². The first-order chi connectivity index (χ1) is 8.59. The molecule has 0 atom stereocenters. The fourth-order valence-electron chi connectivity index (χ4n) is 1.21. The molecule has 0 heterocycles. The van der Waals surface area contributed by atoms with Crippen LogP contribution in [-0.2, 0) is 6.18 Å². The van der Waals surface area contributed by atoms with E-state index in [0.29, 0.717) is 0 Å². The van der Waals surface area contributed by atoms with E-state index in [4.69, 9.17) is 11.6 Å². The molecule has 0 spiro atoms. The molecular weight excluding hydrogens is 316 g/mol. The zero-order valence-corrected chi connectivity index (χ0v) is 10.8. The molecule has 0 unspecified atom stereocenters. The maximum Gasteiger partial charge on any atom is 0.441 e. The van der Waals surface area contributed by atoms with Crippen molar-refractivity contribution in [2.75, 3.05) is 17.6 Å². The van der Waals surface area contributed by atoms with Gasteiger partial charge in [-0.2, -0.15) is 26.3 Å². The molecule has 0 aliphatic carbocycles. The topological polar surface area (TPSA) is 12.0 Å². The van der Waals surface area contributed by atoms with Crippen molar-refractivity contribution < 1.29 is 26.3 Å². The van der Waals surface area contributed by atoms with Crippen LogP contribution in [0, 0.1) is 0 Å². The molecular formula is C10H8ClF6NS. The van der Waals surface area contributed by atoms with Crippen LogP contribution < -0.4 is 5.32 Å². The largest absolute Gasteiger partial charge is 0.441 e. The number of halogens is 7. The van der Waals surface area contributed by atoms with Gasteiger partial charge in [0.1, 0.15) is 0 Å². The van der Waals surface area contributed by atoms with E-state index in [2.05, 4.69) is 5.32 Å². The predicted octanol–water partition coefficient (Wildman–Crippen LogP) is 5.02. The van der Waals surface area contributed by atoms with Gasteiger partial charge in [-0.3, -0.25) is 0 Å². The maximum absolute atomic E-state index is 12.5. The molecule has 1 aromatic carbocycles. The van der Waals surface area contributed by atoms with Crippen LogP contribution in [0.25, 0.3) is 0 Å². The summed E-state index contributed by atoms with van der Waals surface area (Å²) < 4.78 is 73.0. The van der Waals surface area contributed by atoms with Crippen molar-refractivity contribution in [2.24, 2.45) is 0 Å². The number of nitrogens with one attached hydrogen (secondary N) is 1. The quantitative estimate of drug-likeness (QED) is 0.616. The number of hydrogen-bond donors (Lipinski definition) is 1. The van der Waals surface area contributed by atoms with Gasteiger partial charge in [0.15, 0.2) is 0 Å². The summed E-state index contributed by atoms with van der Waals surface area (Å²) in [6, 6.07) is 3.08. The minimum atomic E-state index is -4.60. The SMILES string of the molecule is FC(F)(F)SCCNc1ccc(Cl)c(C(F)(F)F)c1. The molecule has 0 amide bonds. The summed E-state index contributed by atoms with van der Waals surface area (Å²) >= 11 is 5.16. The lowest BCUT2D eigenvalue weighted by atomic mass is 10.2. The highest BCUT2D eigenvalue weighted by Crippen LogP contribution is 2.36. The van der Waals surface area contributed by atoms with Gasteiger partial charge in [0, 0.05) is 18.0 Å². The minimum Gasteiger partial charge on any atom is -0.384 e. The Labute approximate surface area is 114 Å². The highest BCUT2D eigenvalue weighted by Gasteiger charge is 2.33. The third-order valence-electron chi connectivity index (χ3n) is 1.97. The van der Waals surface area contributed by atoms with Crippen LogP contribution in [0.4, 0.5) is 32.0 Å². The average molecular weight is 324 g/mol. The molecule has 0 aliphatic rings. The van der Waals surface area contributed by atoms with Crippen LogP contribution in [0.3, 0.4) is 0 Å². The molecule has 19 heavy (non-hydrogen) atoms. The van der Waals surface area contributed by atoms with Crippen molar-refractivity contribution in [3.05, 3.63) is 28.8 Å². The van der Waals surface area contributed by atoms with Gasteiger partial charge in [0.05, 0.1) is 10.6 Å². The van der Waals surface area contributed by atoms with Gasteiger partial charge in [0.25, 0.3) is 0 Å². The molecule has 0 bridgehead atoms. The van der Waals surface area contributed by atoms with Gasteiger partial charge in [-0.15, -0.1) is 0 Å². The molecule has 0 aromatic heterocycles. The summed E-state index contributed by atoms with van der Waals surface area (Å²) in [5.74, 6) is -0.298. The second-order valence-corrected chi connectivity index (χ2v) is 4.98. The molecule has 1 N–H and O–H groups in total. The predicted molar refractivity (Wildman–Crippen MR) is 63.5 cm³/mol. The molecule has 9 heteroatoms. The Balaban J connectivity index is 2.61. The summed E-state index contributed by atoms with van der Waals surface area (Å²) in [6.07, 6.45) is -4.60. The first-order valence-electron chi connectivity index (χ1n) is 4.91. The van der Waals surface area contributed by atoms with Crippen LogP contribution in [0.1, 0.15) is 5.56 Å². The molecule has 0 saturated carbocycles. The summed E-state index contributed by atoms with van der Waals surface area (Å²) in [5, 5.41) is 2.02. The van der Waals surface area contributed by atoms with E-state index >= 15 is 0 Å². The second-order valence-electron chi connectivity index (χ2n) is 3.41. The Kier molecular flexibility index (Phi) is 5.26. The van der Waals surface area contributed by atoms with Gasteiger partial charge in [-0.1, -0.05) is 11.6 Å². The highest BCUT2D eigenvalue weighted by atomic mass is 35.5. The zero-order chi connectivity index (χ0) is 14.7. The molecule has 1 aromatic rings. The number of rotatable bonds is 4. The van der Waals surface area contributed by atoms with E-state index in [9.17, 15) is 26.3 Å². The lowest BCUT2D eigenvalue weighted by Gasteiger charge is -2.12. The van der Waals surface area contributed by atoms with Crippen LogP contribution in [0.15, 0.2) is 18.2 Å². The van der Waals surface area contributed by atoms with Crippen LogP contribution in [0.2, 0.25) is 5.02 Å². The van der Waals surface area contributed by atoms with E-state index in [1.165, 1.54) is 6.07 Å². The molecule has 1 rings (SSSR count). The first kappa shape index (κ1) is 16.3. The molecule has 0 radical (unpaired) electrons. The third-order valence-corrected chi connectivity index (χ3v) is 3.03. The Bertz CT molecular complexity index is 431. The smallest absolute Gasteiger partial charge is 0.384 e. The number of anilines is 1. The number of thioether (sulfide) groups is 1. The number of alkyl halides is 6. The second kappa shape index (κ2) is 6.13. The van der Waals surface area contributed by atoms with E-state index < -0.39 is 22.3 Å². The van der Waals surface area contributed by atoms with Crippen molar-refractivity contribution in [1.29, 1.82) is 0 Å². The van der Waals surface area contributed by atoms with Crippen molar-refractivity contribution in [3.8, 4) is 0 Å². The molecule has 1 nitrogen and oxygen atoms in total. The van der Waals surface area contributed by atoms with Gasteiger partial charge < -0.3 is 5.32 Å². The highest BCUT2D eigenvalue weighted by molar-refractivity contribution is 8.00. The number of benzene rings is 1. The lowest BCUT2D eigenvalue weighted by Crippen LogP contribution is -2.11. The van der Waals surface area contributed by atoms with Gasteiger partial charge in [-0.25, -0.2) is 0 Å². The monoisotopic (exact) mass is 323 g/mol. The van der Waals surface area contributed by atoms with Gasteiger partial charge in [0.2, 0.25) is 0 Å². The van der Waals surface area contributed by atoms with Crippen molar-refractivity contribution in [3.63, 3.8) is 0 Å². The Morgan fingerprint density at radius 2 is 1.74 bits per heavy atom. The van der Waals surface area contributed by atoms with Crippen molar-refractivity contribution >= 4 is 29.1 Å². The zero-order valence-electron chi connectivity index (χ0n) is 9.20. The number of hydrogen-bond acceptors (Lipinski definition) is 2. The van der Waals surface area contributed by atoms with Crippen LogP contribution in [-0.4, -0.2) is 17.8 Å². The van der Waals surface area contributed by atoms with E-state index in [1.807, 2.05) is 0 Å². The fourth-order valence-corrected chi connectivity index (χ4v) is 1.87. The van der Waals surface area contributed by atoms with E-state index in [-0.39, 0.29) is 29.7 Å². The maximum atomic E-state index is 12.5. The summed E-state index contributed by atoms with van der Waals surface area (Å²) in [4.78, 5) is 0. The minimum absolute atomic E-state index is 0.0690. The average Bonchev–Trinajstić information content (AvgIpc) is 2.23. The van der Waals surface area contributed by atoms with Crippen LogP contribution >= 0.6 is 23.4 Å². The Hall–Kier alpha value is -0.760. The molecule has 108 valence electrons. The fraction of sp³-hybridized carbons (Fsp3) is 0.400. The van der Waals surface area contributed by atoms with E-state index in [0.717, 1.165) is 12.1 Å². The lowest BCUT2D eigenvalue weighted by molar-refractivity contribution is -0.137. The van der Waals surface area contributed by atoms with Crippen molar-refractivity contribution in [1.82, 2.24) is 0 Å². The van der Waals surface area contributed by atoms with Gasteiger partial charge >= 0.3 is 11.7 Å². The molecule has 0 saturated heterocycles. The molecule has 0 aliphatic heterocycles. The van der Waals surface area contributed by atoms with Gasteiger partial charge in [-0.05, 0) is 30.0 Å². The normalized spacial score (nSPS) is 12.6. The van der Waals surface area contributed by atoms with Crippen LogP contribution in [0.5, 0.6) is 0 Å². The standard InChI is InChI=1S/C10H8ClF6NS/c11-8-2-1-6(5-7(8)9(12,13)14)18-3-4-19-10(15,16)17/h1-2,5,18H,3-4H2. The Morgan fingerprint density at radius 3 is 2.26 bits per heavy atom. The molecule has 0 fully saturated rings. The summed E-state index contributed by atoms with van der Waals surface area (Å²) in [6.45, 7) is -0.108. The summed E-state index contributed by atoms with van der Waals surface area (Å²) in [7, 11) is 0. The summed E-state index contributed by atoms with van der Waals surface area (Å²) in [5.41, 5.74) is -5.30. The van der Waals surface area contributed by atoms with E-state index in [1.54, 1.807) is 0 Å². The first-order valence-corrected chi connectivity index (χ1v) is 6.27. The third kappa shape index (κ3) is 5.82.